The van der Waals surface area contributed by atoms with Gasteiger partial charge in [-0.2, -0.15) is 0 Å². The molecule has 0 spiro atoms. The molecule has 4 heteroatoms. The molecule has 0 radical (unpaired) electrons. The third kappa shape index (κ3) is 1.58. The lowest BCUT2D eigenvalue weighted by Gasteiger charge is -1.99. The van der Waals surface area contributed by atoms with Gasteiger partial charge in [0, 0.05) is 11.8 Å². The first kappa shape index (κ1) is 8.64. The van der Waals surface area contributed by atoms with Crippen LogP contribution in [0.3, 0.4) is 0 Å². The van der Waals surface area contributed by atoms with Crippen molar-refractivity contribution in [3.05, 3.63) is 17.5 Å². The molecule has 0 bridgehead atoms. The van der Waals surface area contributed by atoms with Gasteiger partial charge in [-0.3, -0.25) is 0 Å². The van der Waals surface area contributed by atoms with E-state index in [-0.39, 0.29) is 5.69 Å². The Morgan fingerprint density at radius 2 is 2.42 bits per heavy atom. The van der Waals surface area contributed by atoms with Gasteiger partial charge >= 0.3 is 5.97 Å². The summed E-state index contributed by atoms with van der Waals surface area (Å²) in [6.07, 6.45) is 0. The topological polar surface area (TPSA) is 62.3 Å². The van der Waals surface area contributed by atoms with E-state index in [0.717, 1.165) is 5.69 Å². The first-order chi connectivity index (χ1) is 5.65. The predicted octanol–water partition coefficient (Wildman–Crippen LogP) is 1.42. The second kappa shape index (κ2) is 3.30. The Morgan fingerprint density at radius 3 is 2.92 bits per heavy atom. The van der Waals surface area contributed by atoms with Gasteiger partial charge in [-0.05, 0) is 13.8 Å². The normalized spacial score (nSPS) is 9.83. The number of hydrogen-bond acceptors (Lipinski definition) is 2. The van der Waals surface area contributed by atoms with Crippen LogP contribution in [-0.2, 0) is 0 Å². The van der Waals surface area contributed by atoms with Crippen molar-refractivity contribution in [2.75, 3.05) is 6.61 Å². The third-order valence-corrected chi connectivity index (χ3v) is 1.43. The summed E-state index contributed by atoms with van der Waals surface area (Å²) in [5.41, 5.74) is 0.908. The fourth-order valence-electron chi connectivity index (χ4n) is 0.992. The second-order valence-electron chi connectivity index (χ2n) is 2.43. The summed E-state index contributed by atoms with van der Waals surface area (Å²) in [5, 5.41) is 8.69. The lowest BCUT2D eigenvalue weighted by atomic mass is 10.4. The summed E-state index contributed by atoms with van der Waals surface area (Å²) in [6, 6.07) is 1.67. The first-order valence-electron chi connectivity index (χ1n) is 3.70. The highest BCUT2D eigenvalue weighted by Gasteiger charge is 2.13. The SMILES string of the molecule is CCOc1cc(C)[nH]c1C(=O)O. The molecule has 4 nitrogen and oxygen atoms in total. The molecule has 2 N–H and O–H groups in total. The van der Waals surface area contributed by atoms with Gasteiger partial charge in [0.2, 0.25) is 0 Å². The van der Waals surface area contributed by atoms with Crippen molar-refractivity contribution in [2.45, 2.75) is 13.8 Å². The van der Waals surface area contributed by atoms with Crippen molar-refractivity contribution in [3.8, 4) is 5.75 Å². The van der Waals surface area contributed by atoms with Gasteiger partial charge in [-0.15, -0.1) is 0 Å². The monoisotopic (exact) mass is 169 g/mol. The molecule has 0 atom stereocenters. The number of carbonyl (C=O) groups is 1. The summed E-state index contributed by atoms with van der Waals surface area (Å²) in [5.74, 6) is -0.589. The van der Waals surface area contributed by atoms with Crippen molar-refractivity contribution in [1.29, 1.82) is 0 Å². The minimum atomic E-state index is -0.994. The van der Waals surface area contributed by atoms with Gasteiger partial charge in [0.15, 0.2) is 11.4 Å². The van der Waals surface area contributed by atoms with Crippen LogP contribution in [0.1, 0.15) is 23.1 Å². The van der Waals surface area contributed by atoms with E-state index in [2.05, 4.69) is 4.98 Å². The number of nitrogens with one attached hydrogen (secondary N) is 1. The first-order valence-corrected chi connectivity index (χ1v) is 3.70. The molecular formula is C8H11NO3. The van der Waals surface area contributed by atoms with E-state index in [1.54, 1.807) is 13.0 Å². The highest BCUT2D eigenvalue weighted by atomic mass is 16.5. The van der Waals surface area contributed by atoms with Gasteiger partial charge in [0.1, 0.15) is 0 Å². The summed E-state index contributed by atoms with van der Waals surface area (Å²) < 4.78 is 5.11. The molecule has 0 saturated carbocycles. The van der Waals surface area contributed by atoms with Gasteiger partial charge in [-0.1, -0.05) is 0 Å². The summed E-state index contributed by atoms with van der Waals surface area (Å²) in [6.45, 7) is 4.07. The number of carboxylic acids is 1. The molecule has 0 aromatic carbocycles. The summed E-state index contributed by atoms with van der Waals surface area (Å²) in [4.78, 5) is 13.3. The molecule has 1 heterocycles. The molecule has 0 aliphatic heterocycles. The number of aromatic amines is 1. The molecule has 0 unspecified atom stereocenters. The van der Waals surface area contributed by atoms with E-state index >= 15 is 0 Å². The lowest BCUT2D eigenvalue weighted by Crippen LogP contribution is -2.01. The number of hydrogen-bond donors (Lipinski definition) is 2. The predicted molar refractivity (Wildman–Crippen MR) is 43.7 cm³/mol. The standard InChI is InChI=1S/C8H11NO3/c1-3-12-6-4-5(2)9-7(6)8(10)11/h4,9H,3H2,1-2H3,(H,10,11). The van der Waals surface area contributed by atoms with Crippen LogP contribution in [0.25, 0.3) is 0 Å². The fraction of sp³-hybridized carbons (Fsp3) is 0.375. The maximum absolute atomic E-state index is 10.6. The van der Waals surface area contributed by atoms with E-state index in [1.807, 2.05) is 6.92 Å². The van der Waals surface area contributed by atoms with Crippen molar-refractivity contribution >= 4 is 5.97 Å². The van der Waals surface area contributed by atoms with Crippen molar-refractivity contribution in [3.63, 3.8) is 0 Å². The van der Waals surface area contributed by atoms with Gasteiger partial charge in [0.25, 0.3) is 0 Å². The second-order valence-corrected chi connectivity index (χ2v) is 2.43. The van der Waals surface area contributed by atoms with Crippen LogP contribution in [0.4, 0.5) is 0 Å². The fourth-order valence-corrected chi connectivity index (χ4v) is 0.992. The lowest BCUT2D eigenvalue weighted by molar-refractivity contribution is 0.0686. The molecule has 0 aliphatic rings. The Labute approximate surface area is 70.2 Å². The number of carboxylic acid groups (broad SMARTS) is 1. The Hall–Kier alpha value is -1.45. The van der Waals surface area contributed by atoms with E-state index in [4.69, 9.17) is 9.84 Å². The molecule has 0 saturated heterocycles. The van der Waals surface area contributed by atoms with Gasteiger partial charge < -0.3 is 14.8 Å². The number of rotatable bonds is 3. The summed E-state index contributed by atoms with van der Waals surface area (Å²) in [7, 11) is 0. The molecule has 1 rings (SSSR count). The number of aryl methyl sites for hydroxylation is 1. The largest absolute Gasteiger partial charge is 0.491 e. The Balaban J connectivity index is 2.99. The average Bonchev–Trinajstić information content (AvgIpc) is 2.32. The van der Waals surface area contributed by atoms with Gasteiger partial charge in [-0.25, -0.2) is 4.79 Å². The minimum Gasteiger partial charge on any atom is -0.491 e. The Morgan fingerprint density at radius 1 is 1.75 bits per heavy atom. The molecule has 12 heavy (non-hydrogen) atoms. The third-order valence-electron chi connectivity index (χ3n) is 1.43. The minimum absolute atomic E-state index is 0.120. The Bertz CT molecular complexity index is 290. The van der Waals surface area contributed by atoms with Crippen LogP contribution in [0.5, 0.6) is 5.75 Å². The van der Waals surface area contributed by atoms with Gasteiger partial charge in [0.05, 0.1) is 6.61 Å². The van der Waals surface area contributed by atoms with E-state index in [9.17, 15) is 4.79 Å². The molecule has 1 aromatic rings. The molecule has 0 aliphatic carbocycles. The summed E-state index contributed by atoms with van der Waals surface area (Å²) >= 11 is 0. The maximum Gasteiger partial charge on any atom is 0.356 e. The van der Waals surface area contributed by atoms with Crippen LogP contribution in [-0.4, -0.2) is 22.7 Å². The highest BCUT2D eigenvalue weighted by molar-refractivity contribution is 5.89. The number of aromatic nitrogens is 1. The molecule has 66 valence electrons. The number of H-pyrrole nitrogens is 1. The number of ether oxygens (including phenoxy) is 1. The molecule has 1 aromatic heterocycles. The molecule has 0 amide bonds. The Kier molecular flexibility index (Phi) is 2.38. The zero-order valence-corrected chi connectivity index (χ0v) is 7.05. The van der Waals surface area contributed by atoms with E-state index < -0.39 is 5.97 Å². The van der Waals surface area contributed by atoms with E-state index in [0.29, 0.717) is 12.4 Å². The van der Waals surface area contributed by atoms with Crippen LogP contribution >= 0.6 is 0 Å². The smallest absolute Gasteiger partial charge is 0.356 e. The average molecular weight is 169 g/mol. The zero-order valence-electron chi connectivity index (χ0n) is 7.05. The molecular weight excluding hydrogens is 158 g/mol. The number of aromatic carboxylic acids is 1. The molecule has 0 fully saturated rings. The van der Waals surface area contributed by atoms with Crippen LogP contribution in [0.15, 0.2) is 6.07 Å². The maximum atomic E-state index is 10.6. The van der Waals surface area contributed by atoms with Crippen molar-refractivity contribution < 1.29 is 14.6 Å². The van der Waals surface area contributed by atoms with Crippen molar-refractivity contribution in [1.82, 2.24) is 4.98 Å². The zero-order chi connectivity index (χ0) is 9.14. The highest BCUT2D eigenvalue weighted by Crippen LogP contribution is 2.19. The van der Waals surface area contributed by atoms with E-state index in [1.165, 1.54) is 0 Å². The van der Waals surface area contributed by atoms with Crippen LogP contribution in [0, 0.1) is 6.92 Å². The van der Waals surface area contributed by atoms with Crippen molar-refractivity contribution in [2.24, 2.45) is 0 Å². The quantitative estimate of drug-likeness (QED) is 0.719. The van der Waals surface area contributed by atoms with Crippen LogP contribution in [0.2, 0.25) is 0 Å². The van der Waals surface area contributed by atoms with Crippen LogP contribution < -0.4 is 4.74 Å².